The van der Waals surface area contributed by atoms with Gasteiger partial charge in [-0.2, -0.15) is 0 Å². The van der Waals surface area contributed by atoms with E-state index >= 15 is 0 Å². The molecule has 5 nitrogen and oxygen atoms in total. The smallest absolute Gasteiger partial charge is 0.294 e. The number of benzene rings is 3. The summed E-state index contributed by atoms with van der Waals surface area (Å²) in [4.78, 5) is 28.7. The molecule has 5 rings (SSSR count). The van der Waals surface area contributed by atoms with Crippen LogP contribution in [0.25, 0.3) is 11.0 Å². The quantitative estimate of drug-likeness (QED) is 0.269. The van der Waals surface area contributed by atoms with Gasteiger partial charge in [0.05, 0.1) is 11.6 Å². The first-order chi connectivity index (χ1) is 17.5. The first kappa shape index (κ1) is 25.1. The Morgan fingerprint density at radius 2 is 1.68 bits per heavy atom. The highest BCUT2D eigenvalue weighted by atomic mass is 35.5. The average molecular weight is 534 g/mol. The van der Waals surface area contributed by atoms with Crippen molar-refractivity contribution in [2.24, 2.45) is 0 Å². The van der Waals surface area contributed by atoms with Crippen LogP contribution in [-0.2, 0) is 10.2 Å². The van der Waals surface area contributed by atoms with Gasteiger partial charge in [-0.25, -0.2) is 0 Å². The zero-order valence-corrected chi connectivity index (χ0v) is 22.3. The largest absolute Gasteiger partial charge is 0.503 e. The summed E-state index contributed by atoms with van der Waals surface area (Å²) in [6, 6.07) is 18.6. The molecular weight excluding hydrogens is 509 g/mol. The van der Waals surface area contributed by atoms with Crippen molar-refractivity contribution >= 4 is 51.5 Å². The Hall–Kier alpha value is -3.54. The molecule has 0 spiro atoms. The van der Waals surface area contributed by atoms with E-state index in [1.807, 2.05) is 31.2 Å². The fraction of sp³-hybridized carbons (Fsp3) is 0.200. The molecule has 1 aromatic heterocycles. The summed E-state index contributed by atoms with van der Waals surface area (Å²) in [7, 11) is 0. The lowest BCUT2D eigenvalue weighted by atomic mass is 9.85. The number of fused-ring (bicyclic) bond motifs is 1. The average Bonchev–Trinajstić information content (AvgIpc) is 3.38. The minimum atomic E-state index is -0.885. The number of amides is 1. The number of rotatable bonds is 4. The Morgan fingerprint density at radius 3 is 2.32 bits per heavy atom. The third-order valence-electron chi connectivity index (χ3n) is 6.68. The second-order valence-corrected chi connectivity index (χ2v) is 11.1. The van der Waals surface area contributed by atoms with Crippen LogP contribution < -0.4 is 4.90 Å². The predicted molar refractivity (Wildman–Crippen MR) is 147 cm³/mol. The summed E-state index contributed by atoms with van der Waals surface area (Å²) < 4.78 is 5.80. The molecule has 1 amide bonds. The van der Waals surface area contributed by atoms with Crippen molar-refractivity contribution in [1.29, 1.82) is 0 Å². The van der Waals surface area contributed by atoms with Crippen LogP contribution in [0.15, 0.2) is 82.5 Å². The Labute approximate surface area is 224 Å². The van der Waals surface area contributed by atoms with E-state index in [4.69, 9.17) is 27.6 Å². The van der Waals surface area contributed by atoms with Gasteiger partial charge >= 0.3 is 0 Å². The lowest BCUT2D eigenvalue weighted by Crippen LogP contribution is -2.31. The monoisotopic (exact) mass is 533 g/mol. The van der Waals surface area contributed by atoms with Gasteiger partial charge < -0.3 is 9.52 Å². The summed E-state index contributed by atoms with van der Waals surface area (Å²) in [5.74, 6) is -1.88. The van der Waals surface area contributed by atoms with Crippen LogP contribution in [0.3, 0.4) is 0 Å². The molecule has 0 bridgehead atoms. The number of halogens is 2. The molecule has 2 heterocycles. The van der Waals surface area contributed by atoms with Crippen LogP contribution in [0.1, 0.15) is 54.1 Å². The van der Waals surface area contributed by atoms with Crippen molar-refractivity contribution in [1.82, 2.24) is 0 Å². The summed E-state index contributed by atoms with van der Waals surface area (Å²) in [6.45, 7) is 8.18. The number of nitrogens with zero attached hydrogens (tertiary/aromatic N) is 1. The van der Waals surface area contributed by atoms with Gasteiger partial charge in [-0.1, -0.05) is 74.3 Å². The zero-order valence-electron chi connectivity index (χ0n) is 20.8. The van der Waals surface area contributed by atoms with Crippen molar-refractivity contribution in [3.63, 3.8) is 0 Å². The summed E-state index contributed by atoms with van der Waals surface area (Å²) >= 11 is 12.5. The lowest BCUT2D eigenvalue weighted by molar-refractivity contribution is -0.117. The van der Waals surface area contributed by atoms with Crippen molar-refractivity contribution < 1.29 is 19.1 Å². The number of carbonyl (C=O) groups excluding carboxylic acids is 2. The minimum absolute atomic E-state index is 0.00622. The van der Waals surface area contributed by atoms with Crippen molar-refractivity contribution in [3.8, 4) is 0 Å². The second-order valence-electron chi connectivity index (χ2n) is 10.3. The number of aryl methyl sites for hydroxylation is 1. The summed E-state index contributed by atoms with van der Waals surface area (Å²) in [6.07, 6.45) is 0. The third kappa shape index (κ3) is 4.43. The molecule has 0 radical (unpaired) electrons. The van der Waals surface area contributed by atoms with Gasteiger partial charge in [0.15, 0.2) is 11.5 Å². The molecule has 7 heteroatoms. The van der Waals surface area contributed by atoms with Crippen molar-refractivity contribution in [3.05, 3.63) is 111 Å². The minimum Gasteiger partial charge on any atom is -0.503 e. The molecule has 1 aliphatic heterocycles. The van der Waals surface area contributed by atoms with Gasteiger partial charge in [0.1, 0.15) is 5.58 Å². The molecule has 188 valence electrons. The number of hydrogen-bond acceptors (Lipinski definition) is 4. The predicted octanol–water partition coefficient (Wildman–Crippen LogP) is 8.13. The van der Waals surface area contributed by atoms with E-state index < -0.39 is 23.5 Å². The fourth-order valence-electron chi connectivity index (χ4n) is 4.57. The van der Waals surface area contributed by atoms with E-state index in [9.17, 15) is 14.7 Å². The molecule has 1 N–H and O–H groups in total. The van der Waals surface area contributed by atoms with Gasteiger partial charge in [0.2, 0.25) is 5.78 Å². The standard InChI is InChI=1S/C30H25Cl2NO4/c1-16-5-11-21(15-22(16)32)33-26(17-6-8-19(9-7-17)30(2,3)4)25(28(35)29(33)36)27(34)24-14-18-13-20(31)10-12-23(18)37-24/h5-15,26,35H,1-4H3. The molecule has 4 aromatic rings. The first-order valence-corrected chi connectivity index (χ1v) is 12.6. The van der Waals surface area contributed by atoms with E-state index in [-0.39, 0.29) is 16.7 Å². The van der Waals surface area contributed by atoms with E-state index in [0.29, 0.717) is 32.3 Å². The molecule has 1 aliphatic rings. The third-order valence-corrected chi connectivity index (χ3v) is 7.32. The second kappa shape index (κ2) is 9.09. The fourth-order valence-corrected chi connectivity index (χ4v) is 4.93. The van der Waals surface area contributed by atoms with Crippen LogP contribution in [0.4, 0.5) is 5.69 Å². The Bertz CT molecular complexity index is 1590. The van der Waals surface area contributed by atoms with Gasteiger partial charge in [-0.15, -0.1) is 0 Å². The van der Waals surface area contributed by atoms with Gasteiger partial charge in [-0.05, 0) is 65.4 Å². The number of aliphatic hydroxyl groups is 1. The molecule has 3 aromatic carbocycles. The number of anilines is 1. The highest BCUT2D eigenvalue weighted by Crippen LogP contribution is 2.43. The number of furan rings is 1. The van der Waals surface area contributed by atoms with Crippen LogP contribution in [0.2, 0.25) is 10.0 Å². The number of ketones is 1. The summed E-state index contributed by atoms with van der Waals surface area (Å²) in [5.41, 5.74) is 3.42. The van der Waals surface area contributed by atoms with E-state index in [1.165, 1.54) is 4.90 Å². The molecule has 37 heavy (non-hydrogen) atoms. The molecule has 1 unspecified atom stereocenters. The van der Waals surface area contributed by atoms with Crippen LogP contribution in [0.5, 0.6) is 0 Å². The SMILES string of the molecule is Cc1ccc(N2C(=O)C(O)=C(C(=O)c3cc4cc(Cl)ccc4o3)C2c2ccc(C(C)(C)C)cc2)cc1Cl. The van der Waals surface area contributed by atoms with Crippen LogP contribution >= 0.6 is 23.2 Å². The Balaban J connectivity index is 1.66. The maximum atomic E-state index is 13.8. The van der Waals surface area contributed by atoms with E-state index in [1.54, 1.807) is 42.5 Å². The maximum absolute atomic E-state index is 13.8. The molecule has 0 saturated heterocycles. The number of aliphatic hydroxyl groups excluding tert-OH is 1. The first-order valence-electron chi connectivity index (χ1n) is 11.8. The van der Waals surface area contributed by atoms with Crippen molar-refractivity contribution in [2.75, 3.05) is 4.90 Å². The molecule has 0 aliphatic carbocycles. The number of carbonyl (C=O) groups is 2. The summed E-state index contributed by atoms with van der Waals surface area (Å²) in [5, 5.41) is 12.7. The van der Waals surface area contributed by atoms with Gasteiger partial charge in [-0.3, -0.25) is 14.5 Å². The molecule has 1 atom stereocenters. The molecular formula is C30H25Cl2NO4. The normalized spacial score (nSPS) is 16.2. The lowest BCUT2D eigenvalue weighted by Gasteiger charge is -2.28. The van der Waals surface area contributed by atoms with E-state index in [2.05, 4.69) is 20.8 Å². The van der Waals surface area contributed by atoms with Crippen LogP contribution in [-0.4, -0.2) is 16.8 Å². The topological polar surface area (TPSA) is 70.8 Å². The van der Waals surface area contributed by atoms with E-state index in [0.717, 1.165) is 11.1 Å². The Morgan fingerprint density at radius 1 is 0.973 bits per heavy atom. The molecule has 0 saturated carbocycles. The van der Waals surface area contributed by atoms with Gasteiger partial charge in [0.25, 0.3) is 5.91 Å². The number of Topliss-reactive ketones (excluding diaryl/α,β-unsaturated/α-hetero) is 1. The van der Waals surface area contributed by atoms with Gasteiger partial charge in [0, 0.05) is 21.1 Å². The number of hydrogen-bond donors (Lipinski definition) is 1. The highest BCUT2D eigenvalue weighted by molar-refractivity contribution is 6.32. The van der Waals surface area contributed by atoms with Crippen LogP contribution in [0, 0.1) is 6.92 Å². The highest BCUT2D eigenvalue weighted by Gasteiger charge is 2.45. The zero-order chi connectivity index (χ0) is 26.6. The molecule has 0 fully saturated rings. The Kier molecular flexibility index (Phi) is 6.17. The maximum Gasteiger partial charge on any atom is 0.294 e. The van der Waals surface area contributed by atoms with Crippen molar-refractivity contribution in [2.45, 2.75) is 39.2 Å².